The molecule has 1 aliphatic carbocycles. The van der Waals surface area contributed by atoms with E-state index in [1.165, 1.54) is 35.1 Å². The summed E-state index contributed by atoms with van der Waals surface area (Å²) in [6.07, 6.45) is 3.61. The summed E-state index contributed by atoms with van der Waals surface area (Å²) >= 11 is 0. The molecule has 1 aliphatic rings. The Hall–Kier alpha value is -1.86. The molecule has 3 rings (SSSR count). The van der Waals surface area contributed by atoms with Crippen LogP contribution in [0.2, 0.25) is 0 Å². The van der Waals surface area contributed by atoms with Crippen molar-refractivity contribution < 1.29 is 0 Å². The van der Waals surface area contributed by atoms with E-state index in [1.54, 1.807) is 0 Å². The molecule has 2 aromatic rings. The van der Waals surface area contributed by atoms with Crippen molar-refractivity contribution in [1.29, 1.82) is 0 Å². The van der Waals surface area contributed by atoms with E-state index in [2.05, 4.69) is 86.8 Å². The van der Waals surface area contributed by atoms with E-state index in [-0.39, 0.29) is 5.54 Å². The maximum atomic E-state index is 3.85. The summed E-state index contributed by atoms with van der Waals surface area (Å²) in [5.41, 5.74) is 5.83. The highest BCUT2D eigenvalue weighted by Gasteiger charge is 2.27. The van der Waals surface area contributed by atoms with Crippen molar-refractivity contribution >= 4 is 11.1 Å². The summed E-state index contributed by atoms with van der Waals surface area (Å²) in [6.45, 7) is 6.77. The minimum Gasteiger partial charge on any atom is -0.305 e. The lowest BCUT2D eigenvalue weighted by atomic mass is 9.80. The highest BCUT2D eigenvalue weighted by Crippen LogP contribution is 2.38. The second-order valence-corrected chi connectivity index (χ2v) is 7.46. The van der Waals surface area contributed by atoms with Crippen molar-refractivity contribution in [3.63, 3.8) is 0 Å². The van der Waals surface area contributed by atoms with Gasteiger partial charge in [0.1, 0.15) is 0 Å². The van der Waals surface area contributed by atoms with E-state index in [1.807, 2.05) is 0 Å². The second kappa shape index (κ2) is 6.72. The van der Waals surface area contributed by atoms with E-state index in [9.17, 15) is 0 Å². The average Bonchev–Trinajstić information content (AvgIpc) is 2.55. The standard InChI is InChI=1S/C22H27N/c1-22(2,3)23-20-16-10-15-19(17-11-6-4-7-12-17)21(20)18-13-8-5-9-14-18/h4-9,11-14,20,23H,10,15-16H2,1-3H3. The zero-order valence-corrected chi connectivity index (χ0v) is 14.5. The monoisotopic (exact) mass is 305 g/mol. The fourth-order valence-electron chi connectivity index (χ4n) is 3.57. The number of hydrogen-bond acceptors (Lipinski definition) is 1. The third-order valence-electron chi connectivity index (χ3n) is 4.41. The Labute approximate surface area is 140 Å². The van der Waals surface area contributed by atoms with Gasteiger partial charge in [-0.3, -0.25) is 0 Å². The fraction of sp³-hybridized carbons (Fsp3) is 0.364. The van der Waals surface area contributed by atoms with Crippen LogP contribution >= 0.6 is 0 Å². The summed E-state index contributed by atoms with van der Waals surface area (Å²) in [5, 5.41) is 3.85. The first-order chi connectivity index (χ1) is 11.0. The molecule has 1 nitrogen and oxygen atoms in total. The van der Waals surface area contributed by atoms with Crippen molar-refractivity contribution in [3.05, 3.63) is 71.8 Å². The highest BCUT2D eigenvalue weighted by molar-refractivity contribution is 5.93. The quantitative estimate of drug-likeness (QED) is 0.785. The van der Waals surface area contributed by atoms with Crippen molar-refractivity contribution in [3.8, 4) is 0 Å². The lowest BCUT2D eigenvalue weighted by molar-refractivity contribution is 0.379. The van der Waals surface area contributed by atoms with E-state index in [0.717, 1.165) is 6.42 Å². The van der Waals surface area contributed by atoms with Gasteiger partial charge in [0.05, 0.1) is 0 Å². The van der Waals surface area contributed by atoms with Gasteiger partial charge in [0.25, 0.3) is 0 Å². The van der Waals surface area contributed by atoms with Crippen LogP contribution in [0.15, 0.2) is 60.7 Å². The smallest absolute Gasteiger partial charge is 0.0333 e. The second-order valence-electron chi connectivity index (χ2n) is 7.46. The number of benzene rings is 2. The first kappa shape index (κ1) is 16.0. The Bertz CT molecular complexity index is 662. The molecule has 1 unspecified atom stereocenters. The molecule has 2 aromatic carbocycles. The van der Waals surface area contributed by atoms with Gasteiger partial charge in [-0.25, -0.2) is 0 Å². The van der Waals surface area contributed by atoms with Gasteiger partial charge >= 0.3 is 0 Å². The van der Waals surface area contributed by atoms with Gasteiger partial charge in [0.2, 0.25) is 0 Å². The van der Waals surface area contributed by atoms with Crippen LogP contribution in [0, 0.1) is 0 Å². The van der Waals surface area contributed by atoms with Crippen molar-refractivity contribution in [1.82, 2.24) is 5.32 Å². The SMILES string of the molecule is CC(C)(C)NC1CCCC(c2ccccc2)=C1c1ccccc1. The minimum absolute atomic E-state index is 0.115. The fourth-order valence-corrected chi connectivity index (χ4v) is 3.57. The van der Waals surface area contributed by atoms with Crippen LogP contribution in [0.25, 0.3) is 11.1 Å². The Morgan fingerprint density at radius 3 is 1.96 bits per heavy atom. The topological polar surface area (TPSA) is 12.0 Å². The van der Waals surface area contributed by atoms with Crippen LogP contribution in [0.4, 0.5) is 0 Å². The molecule has 0 saturated heterocycles. The molecule has 1 heteroatoms. The summed E-state index contributed by atoms with van der Waals surface area (Å²) in [4.78, 5) is 0. The van der Waals surface area contributed by atoms with Gasteiger partial charge in [-0.15, -0.1) is 0 Å². The minimum atomic E-state index is 0.115. The Morgan fingerprint density at radius 1 is 0.826 bits per heavy atom. The molecular weight excluding hydrogens is 278 g/mol. The first-order valence-electron chi connectivity index (χ1n) is 8.66. The van der Waals surface area contributed by atoms with Crippen LogP contribution in [-0.4, -0.2) is 11.6 Å². The molecule has 1 N–H and O–H groups in total. The summed E-state index contributed by atoms with van der Waals surface area (Å²) in [7, 11) is 0. The normalized spacial score (nSPS) is 19.0. The van der Waals surface area contributed by atoms with Gasteiger partial charge < -0.3 is 5.32 Å². The van der Waals surface area contributed by atoms with Crippen molar-refractivity contribution in [2.24, 2.45) is 0 Å². The highest BCUT2D eigenvalue weighted by atomic mass is 15.0. The van der Waals surface area contributed by atoms with Gasteiger partial charge in [0, 0.05) is 11.6 Å². The zero-order valence-electron chi connectivity index (χ0n) is 14.5. The Morgan fingerprint density at radius 2 is 1.39 bits per heavy atom. The lowest BCUT2D eigenvalue weighted by Crippen LogP contribution is -2.45. The molecule has 0 aliphatic heterocycles. The predicted molar refractivity (Wildman–Crippen MR) is 100 cm³/mol. The molecule has 120 valence electrons. The summed E-state index contributed by atoms with van der Waals surface area (Å²) < 4.78 is 0. The van der Waals surface area contributed by atoms with E-state index < -0.39 is 0 Å². The Kier molecular flexibility index (Phi) is 4.68. The maximum Gasteiger partial charge on any atom is 0.0333 e. The number of nitrogens with one attached hydrogen (secondary N) is 1. The molecule has 0 heterocycles. The molecule has 0 spiro atoms. The number of allylic oxidation sites excluding steroid dienone is 1. The maximum absolute atomic E-state index is 3.85. The average molecular weight is 305 g/mol. The predicted octanol–water partition coefficient (Wildman–Crippen LogP) is 5.54. The van der Waals surface area contributed by atoms with Crippen molar-refractivity contribution in [2.45, 2.75) is 51.6 Å². The van der Waals surface area contributed by atoms with Gasteiger partial charge in [0.15, 0.2) is 0 Å². The van der Waals surface area contributed by atoms with Gasteiger partial charge in [-0.1, -0.05) is 60.7 Å². The first-order valence-corrected chi connectivity index (χ1v) is 8.66. The lowest BCUT2D eigenvalue weighted by Gasteiger charge is -2.35. The molecule has 0 amide bonds. The van der Waals surface area contributed by atoms with E-state index in [0.29, 0.717) is 6.04 Å². The molecule has 0 bridgehead atoms. The third-order valence-corrected chi connectivity index (χ3v) is 4.41. The largest absolute Gasteiger partial charge is 0.305 e. The van der Waals surface area contributed by atoms with Crippen LogP contribution in [0.1, 0.15) is 51.2 Å². The number of hydrogen-bond donors (Lipinski definition) is 1. The van der Waals surface area contributed by atoms with Crippen LogP contribution in [0.5, 0.6) is 0 Å². The van der Waals surface area contributed by atoms with Crippen molar-refractivity contribution in [2.75, 3.05) is 0 Å². The zero-order chi connectivity index (χ0) is 16.3. The molecule has 1 atom stereocenters. The van der Waals surface area contributed by atoms with Gasteiger partial charge in [-0.05, 0) is 62.3 Å². The van der Waals surface area contributed by atoms with Crippen LogP contribution in [-0.2, 0) is 0 Å². The molecule has 0 fully saturated rings. The molecule has 0 saturated carbocycles. The summed E-state index contributed by atoms with van der Waals surface area (Å²) in [5.74, 6) is 0. The molecule has 23 heavy (non-hydrogen) atoms. The van der Waals surface area contributed by atoms with E-state index >= 15 is 0 Å². The van der Waals surface area contributed by atoms with Crippen LogP contribution < -0.4 is 5.32 Å². The molecule has 0 radical (unpaired) electrons. The molecule has 0 aromatic heterocycles. The van der Waals surface area contributed by atoms with Crippen LogP contribution in [0.3, 0.4) is 0 Å². The van der Waals surface area contributed by atoms with Gasteiger partial charge in [-0.2, -0.15) is 0 Å². The third kappa shape index (κ3) is 3.92. The Balaban J connectivity index is 2.11. The number of rotatable bonds is 3. The molecular formula is C22H27N. The van der Waals surface area contributed by atoms with E-state index in [4.69, 9.17) is 0 Å². The summed E-state index contributed by atoms with van der Waals surface area (Å²) in [6, 6.07) is 22.2.